The van der Waals surface area contributed by atoms with Crippen molar-refractivity contribution in [1.82, 2.24) is 0 Å². The number of rotatable bonds is 5. The van der Waals surface area contributed by atoms with Crippen LogP contribution in [0.5, 0.6) is 0 Å². The first-order valence-electron chi connectivity index (χ1n) is 6.58. The second-order valence-electron chi connectivity index (χ2n) is 4.96. The lowest BCUT2D eigenvalue weighted by Crippen LogP contribution is -2.13. The van der Waals surface area contributed by atoms with Gasteiger partial charge in [-0.15, -0.1) is 0 Å². The molecule has 0 heterocycles. The van der Waals surface area contributed by atoms with Crippen molar-refractivity contribution in [2.24, 2.45) is 5.14 Å². The molecule has 5 nitrogen and oxygen atoms in total. The number of aryl methyl sites for hydroxylation is 1. The van der Waals surface area contributed by atoms with Crippen LogP contribution in [0.25, 0.3) is 0 Å². The summed E-state index contributed by atoms with van der Waals surface area (Å²) < 4.78 is 22.5. The van der Waals surface area contributed by atoms with Crippen molar-refractivity contribution in [2.45, 2.75) is 18.2 Å². The number of benzene rings is 2. The Morgan fingerprint density at radius 3 is 2.52 bits per heavy atom. The molecule has 0 aliphatic heterocycles. The molecule has 112 valence electrons. The molecule has 6 heteroatoms. The monoisotopic (exact) mass is 305 g/mol. The molecular formula is C15H19N3O2S. The largest absolute Gasteiger partial charge is 0.397 e. The van der Waals surface area contributed by atoms with Gasteiger partial charge in [0.15, 0.2) is 0 Å². The number of sulfonamides is 1. The van der Waals surface area contributed by atoms with E-state index in [9.17, 15) is 8.42 Å². The van der Waals surface area contributed by atoms with Gasteiger partial charge in [0.2, 0.25) is 10.0 Å². The molecule has 2 rings (SSSR count). The molecule has 0 saturated carbocycles. The Labute approximate surface area is 125 Å². The van der Waals surface area contributed by atoms with Crippen LogP contribution < -0.4 is 16.2 Å². The van der Waals surface area contributed by atoms with Gasteiger partial charge in [-0.2, -0.15) is 0 Å². The summed E-state index contributed by atoms with van der Waals surface area (Å²) in [6.07, 6.45) is 0.859. The first kappa shape index (κ1) is 15.3. The molecule has 0 bridgehead atoms. The number of hydrogen-bond donors (Lipinski definition) is 3. The molecule has 21 heavy (non-hydrogen) atoms. The second kappa shape index (κ2) is 6.15. The Bertz CT molecular complexity index is 742. The highest BCUT2D eigenvalue weighted by Crippen LogP contribution is 2.21. The summed E-state index contributed by atoms with van der Waals surface area (Å²) in [5.74, 6) is 0. The summed E-state index contributed by atoms with van der Waals surface area (Å²) >= 11 is 0. The van der Waals surface area contributed by atoms with Crippen LogP contribution in [0.2, 0.25) is 0 Å². The predicted molar refractivity (Wildman–Crippen MR) is 85.6 cm³/mol. The molecule has 0 spiro atoms. The summed E-state index contributed by atoms with van der Waals surface area (Å²) in [5.41, 5.74) is 9.37. The van der Waals surface area contributed by atoms with Crippen LogP contribution >= 0.6 is 0 Å². The SMILES string of the molecule is Cc1cccc(CCNc2ccc(S(N)(=O)=O)cc2N)c1. The third kappa shape index (κ3) is 4.21. The molecular weight excluding hydrogens is 286 g/mol. The molecule has 2 aromatic rings. The molecule has 0 radical (unpaired) electrons. The zero-order valence-corrected chi connectivity index (χ0v) is 12.7. The molecule has 0 saturated heterocycles. The van der Waals surface area contributed by atoms with Crippen molar-refractivity contribution in [1.29, 1.82) is 0 Å². The van der Waals surface area contributed by atoms with Crippen molar-refractivity contribution >= 4 is 21.4 Å². The Morgan fingerprint density at radius 2 is 1.90 bits per heavy atom. The summed E-state index contributed by atoms with van der Waals surface area (Å²) in [6.45, 7) is 2.77. The van der Waals surface area contributed by atoms with Crippen molar-refractivity contribution < 1.29 is 8.42 Å². The van der Waals surface area contributed by atoms with Crippen LogP contribution in [0.4, 0.5) is 11.4 Å². The van der Waals surface area contributed by atoms with Crippen LogP contribution in [-0.2, 0) is 16.4 Å². The zero-order chi connectivity index (χ0) is 15.5. The van der Waals surface area contributed by atoms with E-state index in [2.05, 4.69) is 30.4 Å². The topological polar surface area (TPSA) is 98.2 Å². The van der Waals surface area contributed by atoms with Crippen molar-refractivity contribution in [3.63, 3.8) is 0 Å². The minimum Gasteiger partial charge on any atom is -0.397 e. The van der Waals surface area contributed by atoms with Gasteiger partial charge >= 0.3 is 0 Å². The average molecular weight is 305 g/mol. The maximum Gasteiger partial charge on any atom is 0.238 e. The Hall–Kier alpha value is -2.05. The summed E-state index contributed by atoms with van der Waals surface area (Å²) in [5, 5.41) is 8.26. The van der Waals surface area contributed by atoms with E-state index in [0.29, 0.717) is 17.9 Å². The van der Waals surface area contributed by atoms with Crippen LogP contribution in [0.1, 0.15) is 11.1 Å². The Kier molecular flexibility index (Phi) is 4.50. The van der Waals surface area contributed by atoms with Gasteiger partial charge in [0.1, 0.15) is 0 Å². The lowest BCUT2D eigenvalue weighted by molar-refractivity contribution is 0.598. The average Bonchev–Trinajstić information content (AvgIpc) is 2.39. The van der Waals surface area contributed by atoms with Crippen molar-refractivity contribution in [3.8, 4) is 0 Å². The van der Waals surface area contributed by atoms with Gasteiger partial charge in [-0.25, -0.2) is 13.6 Å². The van der Waals surface area contributed by atoms with Crippen LogP contribution in [0.15, 0.2) is 47.4 Å². The van der Waals surface area contributed by atoms with Gasteiger partial charge in [-0.05, 0) is 37.1 Å². The number of nitrogens with one attached hydrogen (secondary N) is 1. The number of anilines is 2. The maximum absolute atomic E-state index is 11.2. The number of nitrogens with two attached hydrogens (primary N) is 2. The normalized spacial score (nSPS) is 11.3. The summed E-state index contributed by atoms with van der Waals surface area (Å²) in [4.78, 5) is 0.0178. The minimum atomic E-state index is -3.72. The molecule has 2 aromatic carbocycles. The predicted octanol–water partition coefficient (Wildman–Crippen LogP) is 1.88. The van der Waals surface area contributed by atoms with Crippen LogP contribution in [0, 0.1) is 6.92 Å². The van der Waals surface area contributed by atoms with E-state index in [1.165, 1.54) is 23.3 Å². The number of nitrogen functional groups attached to an aromatic ring is 1. The molecule has 0 aliphatic rings. The van der Waals surface area contributed by atoms with E-state index >= 15 is 0 Å². The molecule has 5 N–H and O–H groups in total. The highest BCUT2D eigenvalue weighted by Gasteiger charge is 2.09. The molecule has 0 fully saturated rings. The first-order valence-corrected chi connectivity index (χ1v) is 8.12. The van der Waals surface area contributed by atoms with Gasteiger partial charge in [0.05, 0.1) is 16.3 Å². The van der Waals surface area contributed by atoms with E-state index in [4.69, 9.17) is 10.9 Å². The van der Waals surface area contributed by atoms with E-state index < -0.39 is 10.0 Å². The second-order valence-corrected chi connectivity index (χ2v) is 6.52. The van der Waals surface area contributed by atoms with E-state index in [-0.39, 0.29) is 4.90 Å². The molecule has 0 amide bonds. The van der Waals surface area contributed by atoms with E-state index in [1.807, 2.05) is 6.07 Å². The fourth-order valence-electron chi connectivity index (χ4n) is 2.09. The van der Waals surface area contributed by atoms with Gasteiger partial charge in [0, 0.05) is 6.54 Å². The van der Waals surface area contributed by atoms with Gasteiger partial charge in [-0.1, -0.05) is 29.8 Å². The van der Waals surface area contributed by atoms with E-state index in [1.54, 1.807) is 6.07 Å². The zero-order valence-electron chi connectivity index (χ0n) is 11.8. The third-order valence-electron chi connectivity index (χ3n) is 3.16. The fraction of sp³-hybridized carbons (Fsp3) is 0.200. The smallest absolute Gasteiger partial charge is 0.238 e. The fourth-order valence-corrected chi connectivity index (χ4v) is 2.64. The van der Waals surface area contributed by atoms with Gasteiger partial charge < -0.3 is 11.1 Å². The molecule has 0 atom stereocenters. The van der Waals surface area contributed by atoms with Gasteiger partial charge in [0.25, 0.3) is 0 Å². The number of hydrogen-bond acceptors (Lipinski definition) is 4. The Morgan fingerprint density at radius 1 is 1.14 bits per heavy atom. The first-order chi connectivity index (χ1) is 9.86. The van der Waals surface area contributed by atoms with Crippen molar-refractivity contribution in [2.75, 3.05) is 17.6 Å². The lowest BCUT2D eigenvalue weighted by atomic mass is 10.1. The van der Waals surface area contributed by atoms with Crippen LogP contribution in [-0.4, -0.2) is 15.0 Å². The summed E-state index contributed by atoms with van der Waals surface area (Å²) in [6, 6.07) is 12.7. The minimum absolute atomic E-state index is 0.0178. The highest BCUT2D eigenvalue weighted by molar-refractivity contribution is 7.89. The van der Waals surface area contributed by atoms with E-state index in [0.717, 1.165) is 6.42 Å². The lowest BCUT2D eigenvalue weighted by Gasteiger charge is -2.10. The highest BCUT2D eigenvalue weighted by atomic mass is 32.2. The Balaban J connectivity index is 2.01. The third-order valence-corrected chi connectivity index (χ3v) is 4.07. The molecule has 0 unspecified atom stereocenters. The molecule has 0 aliphatic carbocycles. The standard InChI is InChI=1S/C15H19N3O2S/c1-11-3-2-4-12(9-11)7-8-18-15-6-5-13(10-14(15)16)21(17,19)20/h2-6,9-10,18H,7-8,16H2,1H3,(H2,17,19,20). The quantitative estimate of drug-likeness (QED) is 0.734. The van der Waals surface area contributed by atoms with Crippen LogP contribution in [0.3, 0.4) is 0 Å². The van der Waals surface area contributed by atoms with Gasteiger partial charge in [-0.3, -0.25) is 0 Å². The molecule has 0 aromatic heterocycles. The van der Waals surface area contributed by atoms with Crippen molar-refractivity contribution in [3.05, 3.63) is 53.6 Å². The summed E-state index contributed by atoms with van der Waals surface area (Å²) in [7, 11) is -3.72. The maximum atomic E-state index is 11.2. The number of primary sulfonamides is 1.